The molecular weight excluding hydrogens is 284 g/mol. The number of hydrogen-bond acceptors (Lipinski definition) is 3. The highest BCUT2D eigenvalue weighted by Crippen LogP contribution is 1.85. The first-order valence-electron chi connectivity index (χ1n) is 7.37. The van der Waals surface area contributed by atoms with Crippen molar-refractivity contribution >= 4 is 0 Å². The van der Waals surface area contributed by atoms with E-state index in [0.29, 0.717) is 6.54 Å². The van der Waals surface area contributed by atoms with Gasteiger partial charge < -0.3 is 15.7 Å². The molecule has 0 amide bonds. The predicted octanol–water partition coefficient (Wildman–Crippen LogP) is -0.0232. The molecule has 116 valence electrons. The van der Waals surface area contributed by atoms with Crippen LogP contribution >= 0.6 is 0 Å². The van der Waals surface area contributed by atoms with Crippen LogP contribution in [-0.2, 0) is 0 Å². The molecule has 0 aliphatic rings. The van der Waals surface area contributed by atoms with Crippen molar-refractivity contribution < 1.29 is 5.11 Å². The second kappa shape index (κ2) is 17.3. The first kappa shape index (κ1) is 20.2. The molecule has 0 bridgehead atoms. The molecule has 3 N–H and O–H groups in total. The van der Waals surface area contributed by atoms with Crippen LogP contribution in [0.1, 0.15) is 19.8 Å². The maximum absolute atomic E-state index is 9.61. The number of terminal acetylenes is 1. The average molecular weight is 304 g/mol. The van der Waals surface area contributed by atoms with Gasteiger partial charge in [0.2, 0.25) is 0 Å². The molecular formula is C20H20N2O. The summed E-state index contributed by atoms with van der Waals surface area (Å²) in [5, 5.41) is 16.0. The molecule has 0 aliphatic heterocycles. The number of rotatable bonds is 8. The highest BCUT2D eigenvalue weighted by Gasteiger charge is 1.96. The van der Waals surface area contributed by atoms with Crippen molar-refractivity contribution in [3.63, 3.8) is 0 Å². The van der Waals surface area contributed by atoms with Crippen molar-refractivity contribution in [2.45, 2.75) is 25.9 Å². The van der Waals surface area contributed by atoms with E-state index >= 15 is 0 Å². The number of unbranched alkanes of at least 4 members (excludes halogenated alkanes) is 1. The van der Waals surface area contributed by atoms with E-state index in [0.717, 1.165) is 32.5 Å². The fraction of sp³-hybridized carbons (Fsp3) is 0.400. The monoisotopic (exact) mass is 304 g/mol. The Morgan fingerprint density at radius 3 is 1.91 bits per heavy atom. The standard InChI is InChI=1S/C20H20N2O/c1-3-5-6-7-8-9-10-11-12-13-16-20(23)19-22-18-15-14-17-21-4-2/h1,20-23H,4,14-15,17-19H2,2H3. The molecule has 0 aromatic carbocycles. The SMILES string of the molecule is C#CC#CC#CC#CC#CC#CC(O)CNCCCCNCC. The molecule has 3 nitrogen and oxygen atoms in total. The van der Waals surface area contributed by atoms with E-state index in [9.17, 15) is 5.11 Å². The van der Waals surface area contributed by atoms with Crippen LogP contribution in [0.3, 0.4) is 0 Å². The molecule has 0 aromatic rings. The van der Waals surface area contributed by atoms with Crippen LogP contribution in [0.2, 0.25) is 0 Å². The van der Waals surface area contributed by atoms with E-state index in [1.165, 1.54) is 0 Å². The molecule has 3 heteroatoms. The third kappa shape index (κ3) is 17.2. The lowest BCUT2D eigenvalue weighted by Gasteiger charge is -2.06. The summed E-state index contributed by atoms with van der Waals surface area (Å²) in [4.78, 5) is 0. The van der Waals surface area contributed by atoms with Gasteiger partial charge >= 0.3 is 0 Å². The van der Waals surface area contributed by atoms with Crippen molar-refractivity contribution in [2.24, 2.45) is 0 Å². The largest absolute Gasteiger partial charge is 0.379 e. The van der Waals surface area contributed by atoms with E-state index in [1.54, 1.807) is 0 Å². The summed E-state index contributed by atoms with van der Waals surface area (Å²) in [6.45, 7) is 5.41. The Balaban J connectivity index is 3.85. The zero-order valence-electron chi connectivity index (χ0n) is 13.3. The summed E-state index contributed by atoms with van der Waals surface area (Å²) >= 11 is 0. The number of nitrogens with one attached hydrogen (secondary N) is 2. The van der Waals surface area contributed by atoms with Gasteiger partial charge in [-0.2, -0.15) is 0 Å². The highest BCUT2D eigenvalue weighted by atomic mass is 16.3. The van der Waals surface area contributed by atoms with Gasteiger partial charge in [-0.25, -0.2) is 0 Å². The van der Waals surface area contributed by atoms with Crippen molar-refractivity contribution in [1.82, 2.24) is 10.6 Å². The van der Waals surface area contributed by atoms with E-state index < -0.39 is 6.10 Å². The third-order valence-electron chi connectivity index (χ3n) is 2.36. The fourth-order valence-electron chi connectivity index (χ4n) is 1.34. The van der Waals surface area contributed by atoms with E-state index in [1.807, 2.05) is 0 Å². The van der Waals surface area contributed by atoms with Crippen molar-refractivity contribution in [2.75, 3.05) is 26.2 Å². The van der Waals surface area contributed by atoms with Crippen LogP contribution in [0.5, 0.6) is 0 Å². The Kier molecular flexibility index (Phi) is 15.2. The van der Waals surface area contributed by atoms with Crippen LogP contribution in [0.25, 0.3) is 0 Å². The normalized spacial score (nSPS) is 8.74. The van der Waals surface area contributed by atoms with E-state index in [2.05, 4.69) is 82.7 Å². The Morgan fingerprint density at radius 2 is 1.35 bits per heavy atom. The van der Waals surface area contributed by atoms with Gasteiger partial charge in [-0.15, -0.1) is 6.42 Å². The highest BCUT2D eigenvalue weighted by molar-refractivity contribution is 5.43. The minimum absolute atomic E-state index is 0.431. The smallest absolute Gasteiger partial charge is 0.128 e. The van der Waals surface area contributed by atoms with Crippen molar-refractivity contribution in [1.29, 1.82) is 0 Å². The van der Waals surface area contributed by atoms with Crippen LogP contribution < -0.4 is 10.6 Å². The van der Waals surface area contributed by atoms with Crippen LogP contribution in [-0.4, -0.2) is 37.4 Å². The maximum Gasteiger partial charge on any atom is 0.128 e. The molecule has 0 fully saturated rings. The molecule has 0 rings (SSSR count). The quantitative estimate of drug-likeness (QED) is 0.436. The number of aliphatic hydroxyl groups excluding tert-OH is 1. The molecule has 1 atom stereocenters. The van der Waals surface area contributed by atoms with Gasteiger partial charge in [-0.1, -0.05) is 12.8 Å². The van der Waals surface area contributed by atoms with Gasteiger partial charge in [0.15, 0.2) is 0 Å². The molecule has 0 saturated carbocycles. The second-order valence-electron chi connectivity index (χ2n) is 4.19. The van der Waals surface area contributed by atoms with Crippen LogP contribution in [0, 0.1) is 71.5 Å². The Hall–Kier alpha value is -2.76. The summed E-state index contributed by atoms with van der Waals surface area (Å²) < 4.78 is 0. The summed E-state index contributed by atoms with van der Waals surface area (Å²) in [6.07, 6.45) is 6.37. The van der Waals surface area contributed by atoms with E-state index in [-0.39, 0.29) is 0 Å². The Morgan fingerprint density at radius 1 is 0.826 bits per heavy atom. The van der Waals surface area contributed by atoms with Gasteiger partial charge in [-0.3, -0.25) is 0 Å². The Bertz CT molecular complexity index is 673. The van der Waals surface area contributed by atoms with Gasteiger partial charge in [0.25, 0.3) is 0 Å². The maximum atomic E-state index is 9.61. The summed E-state index contributed by atoms with van der Waals surface area (Å²) in [6, 6.07) is 0. The van der Waals surface area contributed by atoms with Gasteiger partial charge in [0.1, 0.15) is 6.10 Å². The van der Waals surface area contributed by atoms with E-state index in [4.69, 9.17) is 6.42 Å². The second-order valence-corrected chi connectivity index (χ2v) is 4.19. The number of aliphatic hydroxyl groups is 1. The minimum atomic E-state index is -0.732. The molecule has 23 heavy (non-hydrogen) atoms. The minimum Gasteiger partial charge on any atom is -0.379 e. The third-order valence-corrected chi connectivity index (χ3v) is 2.36. The molecule has 0 aromatic heterocycles. The fourth-order valence-corrected chi connectivity index (χ4v) is 1.34. The van der Waals surface area contributed by atoms with Gasteiger partial charge in [0, 0.05) is 6.54 Å². The Labute approximate surface area is 140 Å². The first-order valence-corrected chi connectivity index (χ1v) is 7.37. The number of hydrogen-bond donors (Lipinski definition) is 3. The summed E-state index contributed by atoms with van der Waals surface area (Å²) in [7, 11) is 0. The molecule has 0 heterocycles. The lowest BCUT2D eigenvalue weighted by atomic mass is 10.3. The van der Waals surface area contributed by atoms with Crippen molar-refractivity contribution in [3.8, 4) is 71.5 Å². The topological polar surface area (TPSA) is 44.3 Å². The molecule has 1 unspecified atom stereocenters. The zero-order valence-corrected chi connectivity index (χ0v) is 13.3. The molecule has 0 aliphatic carbocycles. The zero-order chi connectivity index (χ0) is 17.0. The van der Waals surface area contributed by atoms with Crippen LogP contribution in [0.15, 0.2) is 0 Å². The lowest BCUT2D eigenvalue weighted by Crippen LogP contribution is -2.27. The summed E-state index contributed by atoms with van der Waals surface area (Å²) in [5.41, 5.74) is 0. The predicted molar refractivity (Wildman–Crippen MR) is 94.4 cm³/mol. The van der Waals surface area contributed by atoms with Gasteiger partial charge in [-0.05, 0) is 91.7 Å². The van der Waals surface area contributed by atoms with Crippen LogP contribution in [0.4, 0.5) is 0 Å². The van der Waals surface area contributed by atoms with Gasteiger partial charge in [0.05, 0.1) is 0 Å². The van der Waals surface area contributed by atoms with Crippen molar-refractivity contribution in [3.05, 3.63) is 0 Å². The molecule has 0 radical (unpaired) electrons. The first-order chi connectivity index (χ1) is 11.3. The lowest BCUT2D eigenvalue weighted by molar-refractivity contribution is 0.228. The molecule has 0 saturated heterocycles. The average Bonchev–Trinajstić information content (AvgIpc) is 2.55. The summed E-state index contributed by atoms with van der Waals surface area (Å²) in [5.74, 6) is 27.0. The molecule has 0 spiro atoms.